The Kier molecular flexibility index (Phi) is 4.87. The first-order valence-electron chi connectivity index (χ1n) is 6.45. The minimum absolute atomic E-state index is 0.139. The lowest BCUT2D eigenvalue weighted by molar-refractivity contribution is 0.0943. The van der Waals surface area contributed by atoms with Gasteiger partial charge in [-0.05, 0) is 19.1 Å². The fraction of sp³-hybridized carbons (Fsp3) is 0.286. The van der Waals surface area contributed by atoms with E-state index in [1.807, 2.05) is 0 Å². The maximum Gasteiger partial charge on any atom is 0.257 e. The molecule has 1 atom stereocenters. The number of hydrogen-bond acceptors (Lipinski definition) is 5. The topological polar surface area (TPSA) is 89.3 Å². The number of carbonyl (C=O) groups is 1. The molecule has 0 saturated heterocycles. The van der Waals surface area contributed by atoms with Crippen LogP contribution in [0.25, 0.3) is 11.3 Å². The highest BCUT2D eigenvalue weighted by molar-refractivity contribution is 7.90. The summed E-state index contributed by atoms with van der Waals surface area (Å²) in [5, 5.41) is 7.01. The molecule has 0 bridgehead atoms. The molecule has 2 aromatic rings. The second kappa shape index (κ2) is 6.50. The van der Waals surface area contributed by atoms with Gasteiger partial charge in [-0.1, -0.05) is 28.9 Å². The van der Waals surface area contributed by atoms with E-state index in [9.17, 15) is 13.2 Å². The predicted octanol–water partition coefficient (Wildman–Crippen LogP) is 2.16. The van der Waals surface area contributed by atoms with Crippen molar-refractivity contribution in [2.45, 2.75) is 13.0 Å². The molecule has 6 nitrogen and oxygen atoms in total. The lowest BCUT2D eigenvalue weighted by Gasteiger charge is -2.12. The summed E-state index contributed by atoms with van der Waals surface area (Å²) >= 11 is 5.83. The van der Waals surface area contributed by atoms with Gasteiger partial charge in [0.15, 0.2) is 0 Å². The van der Waals surface area contributed by atoms with Crippen LogP contribution in [0.5, 0.6) is 0 Å². The maximum atomic E-state index is 12.2. The van der Waals surface area contributed by atoms with Gasteiger partial charge in [-0.2, -0.15) is 0 Å². The second-order valence-corrected chi connectivity index (χ2v) is 7.67. The Morgan fingerprint density at radius 3 is 2.59 bits per heavy atom. The molecular formula is C14H15ClN2O4S. The number of nitrogens with zero attached hydrogens (tertiary/aromatic N) is 1. The largest absolute Gasteiger partial charge is 0.363 e. The van der Waals surface area contributed by atoms with Crippen molar-refractivity contribution in [3.8, 4) is 11.3 Å². The van der Waals surface area contributed by atoms with E-state index in [0.29, 0.717) is 16.3 Å². The van der Waals surface area contributed by atoms with Gasteiger partial charge in [-0.25, -0.2) is 8.42 Å². The fourth-order valence-electron chi connectivity index (χ4n) is 2.01. The van der Waals surface area contributed by atoms with Crippen LogP contribution in [-0.4, -0.2) is 37.5 Å². The molecule has 22 heavy (non-hydrogen) atoms. The number of hydrogen-bond donors (Lipinski definition) is 1. The van der Waals surface area contributed by atoms with E-state index >= 15 is 0 Å². The zero-order valence-electron chi connectivity index (χ0n) is 12.0. The molecule has 0 aliphatic carbocycles. The monoisotopic (exact) mass is 342 g/mol. The van der Waals surface area contributed by atoms with Gasteiger partial charge >= 0.3 is 0 Å². The number of nitrogens with one attached hydrogen (secondary N) is 1. The zero-order chi connectivity index (χ0) is 16.3. The van der Waals surface area contributed by atoms with Crippen LogP contribution in [0.3, 0.4) is 0 Å². The van der Waals surface area contributed by atoms with E-state index in [1.54, 1.807) is 31.2 Å². The number of carbonyl (C=O) groups excluding carboxylic acids is 1. The minimum atomic E-state index is -3.17. The Bertz CT molecular complexity index is 768. The van der Waals surface area contributed by atoms with Crippen LogP contribution >= 0.6 is 11.6 Å². The van der Waals surface area contributed by atoms with Crippen LogP contribution in [0.2, 0.25) is 5.02 Å². The highest BCUT2D eigenvalue weighted by Gasteiger charge is 2.20. The molecule has 1 aromatic carbocycles. The summed E-state index contributed by atoms with van der Waals surface area (Å²) in [5.41, 5.74) is 1.29. The lowest BCUT2D eigenvalue weighted by atomic mass is 10.1. The van der Waals surface area contributed by atoms with Crippen LogP contribution in [0.1, 0.15) is 17.3 Å². The van der Waals surface area contributed by atoms with Gasteiger partial charge in [0.25, 0.3) is 5.91 Å². The SMILES string of the molecule is C[C@@H](CS(C)(=O)=O)NC(=O)c1conc1-c1ccc(Cl)cc1. The van der Waals surface area contributed by atoms with E-state index < -0.39 is 21.8 Å². The molecule has 2 rings (SSSR count). The zero-order valence-corrected chi connectivity index (χ0v) is 13.6. The Hall–Kier alpha value is -1.86. The predicted molar refractivity (Wildman–Crippen MR) is 83.6 cm³/mol. The first-order chi connectivity index (χ1) is 10.3. The van der Waals surface area contributed by atoms with Crippen LogP contribution in [0.15, 0.2) is 35.1 Å². The van der Waals surface area contributed by atoms with Crippen LogP contribution in [0.4, 0.5) is 0 Å². The summed E-state index contributed by atoms with van der Waals surface area (Å²) in [7, 11) is -3.17. The van der Waals surface area contributed by atoms with Crippen LogP contribution in [-0.2, 0) is 9.84 Å². The molecular weight excluding hydrogens is 328 g/mol. The van der Waals surface area contributed by atoms with Gasteiger partial charge in [0.1, 0.15) is 27.4 Å². The molecule has 1 amide bonds. The molecule has 1 N–H and O–H groups in total. The average Bonchev–Trinajstić information content (AvgIpc) is 2.86. The Labute approximate surface area is 133 Å². The summed E-state index contributed by atoms with van der Waals surface area (Å²) in [6.45, 7) is 1.62. The molecule has 0 aliphatic heterocycles. The number of amides is 1. The number of sulfone groups is 1. The molecule has 1 heterocycles. The third-order valence-electron chi connectivity index (χ3n) is 2.86. The molecule has 118 valence electrons. The van der Waals surface area contributed by atoms with Crippen molar-refractivity contribution in [2.24, 2.45) is 0 Å². The van der Waals surface area contributed by atoms with Gasteiger partial charge in [-0.3, -0.25) is 4.79 Å². The number of halogens is 1. The van der Waals surface area contributed by atoms with E-state index in [0.717, 1.165) is 6.26 Å². The van der Waals surface area contributed by atoms with Gasteiger partial charge in [0, 0.05) is 22.9 Å². The standard InChI is InChI=1S/C14H15ClN2O4S/c1-9(8-22(2,19)20)16-14(18)12-7-21-17-13(12)10-3-5-11(15)6-4-10/h3-7,9H,8H2,1-2H3,(H,16,18)/t9-/m0/s1. The van der Waals surface area contributed by atoms with E-state index in [2.05, 4.69) is 10.5 Å². The highest BCUT2D eigenvalue weighted by Crippen LogP contribution is 2.23. The first-order valence-corrected chi connectivity index (χ1v) is 8.89. The third kappa shape index (κ3) is 4.32. The van der Waals surface area contributed by atoms with Crippen molar-refractivity contribution >= 4 is 27.3 Å². The second-order valence-electron chi connectivity index (χ2n) is 5.05. The van der Waals surface area contributed by atoms with E-state index in [4.69, 9.17) is 16.1 Å². The van der Waals surface area contributed by atoms with Crippen LogP contribution < -0.4 is 5.32 Å². The molecule has 0 unspecified atom stereocenters. The fourth-order valence-corrected chi connectivity index (χ4v) is 3.13. The summed E-state index contributed by atoms with van der Waals surface area (Å²) in [6, 6.07) is 6.28. The van der Waals surface area contributed by atoms with Crippen molar-refractivity contribution in [3.05, 3.63) is 41.1 Å². The Balaban J connectivity index is 2.18. The van der Waals surface area contributed by atoms with E-state index in [1.165, 1.54) is 6.26 Å². The van der Waals surface area contributed by atoms with Crippen molar-refractivity contribution in [1.82, 2.24) is 10.5 Å². The molecule has 0 radical (unpaired) electrons. The Morgan fingerprint density at radius 1 is 1.36 bits per heavy atom. The van der Waals surface area contributed by atoms with Crippen molar-refractivity contribution in [2.75, 3.05) is 12.0 Å². The molecule has 0 spiro atoms. The lowest BCUT2D eigenvalue weighted by Crippen LogP contribution is -2.37. The first kappa shape index (κ1) is 16.5. The number of aromatic nitrogens is 1. The normalized spacial score (nSPS) is 12.9. The third-order valence-corrected chi connectivity index (χ3v) is 4.22. The quantitative estimate of drug-likeness (QED) is 0.899. The van der Waals surface area contributed by atoms with Gasteiger partial charge in [0.05, 0.1) is 5.75 Å². The highest BCUT2D eigenvalue weighted by atomic mass is 35.5. The molecule has 0 aliphatic rings. The van der Waals surface area contributed by atoms with Crippen molar-refractivity contribution in [1.29, 1.82) is 0 Å². The summed E-state index contributed by atoms with van der Waals surface area (Å²) < 4.78 is 27.3. The maximum absolute atomic E-state index is 12.2. The summed E-state index contributed by atoms with van der Waals surface area (Å²) in [6.07, 6.45) is 2.35. The minimum Gasteiger partial charge on any atom is -0.363 e. The summed E-state index contributed by atoms with van der Waals surface area (Å²) in [5.74, 6) is -0.581. The van der Waals surface area contributed by atoms with E-state index in [-0.39, 0.29) is 11.3 Å². The molecule has 1 aromatic heterocycles. The Morgan fingerprint density at radius 2 is 2.00 bits per heavy atom. The van der Waals surface area contributed by atoms with Crippen molar-refractivity contribution in [3.63, 3.8) is 0 Å². The van der Waals surface area contributed by atoms with Gasteiger partial charge in [-0.15, -0.1) is 0 Å². The molecule has 0 saturated carbocycles. The average molecular weight is 343 g/mol. The number of rotatable bonds is 5. The smallest absolute Gasteiger partial charge is 0.257 e. The number of benzene rings is 1. The van der Waals surface area contributed by atoms with Gasteiger partial charge < -0.3 is 9.84 Å². The molecule has 0 fully saturated rings. The molecule has 8 heteroatoms. The van der Waals surface area contributed by atoms with Gasteiger partial charge in [0.2, 0.25) is 0 Å². The van der Waals surface area contributed by atoms with Crippen molar-refractivity contribution < 1.29 is 17.7 Å². The van der Waals surface area contributed by atoms with Crippen LogP contribution in [0, 0.1) is 0 Å². The summed E-state index contributed by atoms with van der Waals surface area (Å²) in [4.78, 5) is 12.2.